The summed E-state index contributed by atoms with van der Waals surface area (Å²) >= 11 is 12.0. The highest BCUT2D eigenvalue weighted by molar-refractivity contribution is 6.31. The van der Waals surface area contributed by atoms with Gasteiger partial charge in [-0.3, -0.25) is 4.79 Å². The Bertz CT molecular complexity index is 1160. The molecule has 2 atom stereocenters. The number of alkyl halides is 2. The van der Waals surface area contributed by atoms with Crippen molar-refractivity contribution in [3.05, 3.63) is 46.2 Å². The van der Waals surface area contributed by atoms with Gasteiger partial charge >= 0.3 is 0 Å². The monoisotopic (exact) mass is 496 g/mol. The van der Waals surface area contributed by atoms with Crippen molar-refractivity contribution < 1.29 is 13.6 Å². The molecule has 1 saturated heterocycles. The van der Waals surface area contributed by atoms with Gasteiger partial charge in [0.2, 0.25) is 11.8 Å². The number of carbonyl (C=O) groups excluding carboxylic acids is 1. The molecule has 0 radical (unpaired) electrons. The van der Waals surface area contributed by atoms with Gasteiger partial charge in [0.05, 0.1) is 42.6 Å². The summed E-state index contributed by atoms with van der Waals surface area (Å²) in [6.07, 6.45) is 2.49. The van der Waals surface area contributed by atoms with Gasteiger partial charge in [0.1, 0.15) is 0 Å². The molecule has 0 spiro atoms. The highest BCUT2D eigenvalue weighted by atomic mass is 35.5. The number of anilines is 1. The lowest BCUT2D eigenvalue weighted by Crippen LogP contribution is -2.57. The highest BCUT2D eigenvalue weighted by Gasteiger charge is 2.46. The zero-order chi connectivity index (χ0) is 23.8. The van der Waals surface area contributed by atoms with Crippen molar-refractivity contribution in [3.63, 3.8) is 0 Å². The molecule has 1 N–H and O–H groups in total. The number of aromatic nitrogens is 6. The highest BCUT2D eigenvalue weighted by Crippen LogP contribution is 2.36. The predicted octanol–water partition coefficient (Wildman–Crippen LogP) is 3.57. The fourth-order valence-corrected chi connectivity index (χ4v) is 4.18. The molecule has 1 aromatic carbocycles. The van der Waals surface area contributed by atoms with Crippen LogP contribution in [0, 0.1) is 5.92 Å². The lowest BCUT2D eigenvalue weighted by molar-refractivity contribution is -0.0897. The van der Waals surface area contributed by atoms with Crippen molar-refractivity contribution in [2.45, 2.75) is 25.3 Å². The second-order valence-corrected chi connectivity index (χ2v) is 8.81. The van der Waals surface area contributed by atoms with Gasteiger partial charge in [0, 0.05) is 23.6 Å². The van der Waals surface area contributed by atoms with E-state index >= 15 is 0 Å². The molecule has 1 fully saturated rings. The van der Waals surface area contributed by atoms with Crippen LogP contribution >= 0.6 is 23.2 Å². The van der Waals surface area contributed by atoms with Crippen LogP contribution in [0.1, 0.15) is 23.7 Å². The van der Waals surface area contributed by atoms with Crippen molar-refractivity contribution >= 4 is 35.1 Å². The predicted molar refractivity (Wildman–Crippen MR) is 118 cm³/mol. The van der Waals surface area contributed by atoms with Gasteiger partial charge in [-0.2, -0.15) is 4.80 Å². The molecule has 0 unspecified atom stereocenters. The topological polar surface area (TPSA) is 102 Å². The number of rotatable bonds is 5. The molecule has 0 aliphatic carbocycles. The Kier molecular flexibility index (Phi) is 6.44. The van der Waals surface area contributed by atoms with Crippen LogP contribution in [0.4, 0.5) is 14.7 Å². The Balaban J connectivity index is 1.67. The van der Waals surface area contributed by atoms with E-state index in [0.29, 0.717) is 10.6 Å². The second kappa shape index (κ2) is 9.14. The number of hydrogen-bond donors (Lipinski definition) is 1. The van der Waals surface area contributed by atoms with E-state index in [9.17, 15) is 13.6 Å². The largest absolute Gasteiger partial charge is 0.352 e. The van der Waals surface area contributed by atoms with Gasteiger partial charge in [0.25, 0.3) is 11.8 Å². The number of likely N-dealkylation sites (tertiary alicyclic amines) is 1. The summed E-state index contributed by atoms with van der Waals surface area (Å²) in [6.45, 7) is 1.12. The summed E-state index contributed by atoms with van der Waals surface area (Å²) in [5.74, 6) is -3.67. The van der Waals surface area contributed by atoms with Crippen molar-refractivity contribution in [2.24, 2.45) is 13.0 Å². The maximum Gasteiger partial charge on any atom is 0.265 e. The number of tetrazole rings is 1. The van der Waals surface area contributed by atoms with Crippen molar-refractivity contribution in [2.75, 3.05) is 18.4 Å². The summed E-state index contributed by atoms with van der Waals surface area (Å²) in [4.78, 5) is 24.2. The average Bonchev–Trinajstić information content (AvgIpc) is 3.19. The molecule has 13 heteroatoms. The summed E-state index contributed by atoms with van der Waals surface area (Å²) in [5, 5.41) is 15.5. The van der Waals surface area contributed by atoms with E-state index in [1.165, 1.54) is 28.2 Å². The maximum absolute atomic E-state index is 14.6. The van der Waals surface area contributed by atoms with E-state index < -0.39 is 30.3 Å². The third-order valence-corrected chi connectivity index (χ3v) is 5.82. The number of carbonyl (C=O) groups is 1. The number of halogens is 4. The minimum absolute atomic E-state index is 0.119. The van der Waals surface area contributed by atoms with Crippen LogP contribution in [0.25, 0.3) is 11.4 Å². The van der Waals surface area contributed by atoms with Gasteiger partial charge in [-0.05, 0) is 29.3 Å². The quantitative estimate of drug-likeness (QED) is 0.575. The summed E-state index contributed by atoms with van der Waals surface area (Å²) in [6, 6.07) is 4.03. The molecule has 1 amide bonds. The number of nitrogens with zero attached hydrogens (tertiary/aromatic N) is 7. The van der Waals surface area contributed by atoms with Crippen molar-refractivity contribution in [1.82, 2.24) is 35.1 Å². The van der Waals surface area contributed by atoms with Crippen LogP contribution in [0.3, 0.4) is 0 Å². The van der Waals surface area contributed by atoms with E-state index in [-0.39, 0.29) is 35.3 Å². The molecular formula is C20H20Cl2F2N8O. The lowest BCUT2D eigenvalue weighted by atomic mass is 9.87. The van der Waals surface area contributed by atoms with Crippen molar-refractivity contribution in [1.29, 1.82) is 0 Å². The van der Waals surface area contributed by atoms with Crippen LogP contribution in [-0.2, 0) is 7.05 Å². The maximum atomic E-state index is 14.6. The van der Waals surface area contributed by atoms with Gasteiger partial charge in [-0.25, -0.2) is 18.7 Å². The first kappa shape index (κ1) is 23.2. The van der Waals surface area contributed by atoms with Gasteiger partial charge in [-0.15, -0.1) is 10.2 Å². The SMILES string of the molecule is C[C@@H]1CC(F)(F)CN(C(=O)c2cc(Cl)ccc2-c2nnn(C)n2)[C@@H]1CNc1ncc(Cl)cn1. The first-order chi connectivity index (χ1) is 15.6. The number of amides is 1. The molecule has 0 bridgehead atoms. The normalized spacial score (nSPS) is 20.0. The second-order valence-electron chi connectivity index (χ2n) is 7.94. The van der Waals surface area contributed by atoms with E-state index in [2.05, 4.69) is 30.7 Å². The summed E-state index contributed by atoms with van der Waals surface area (Å²) in [7, 11) is 1.58. The number of nitrogens with one attached hydrogen (secondary N) is 1. The minimum Gasteiger partial charge on any atom is -0.352 e. The molecule has 2 aromatic heterocycles. The molecule has 1 aliphatic heterocycles. The first-order valence-electron chi connectivity index (χ1n) is 10.1. The van der Waals surface area contributed by atoms with Crippen molar-refractivity contribution in [3.8, 4) is 11.4 Å². The molecule has 3 aromatic rings. The third kappa shape index (κ3) is 5.19. The fourth-order valence-electron chi connectivity index (χ4n) is 3.91. The molecule has 4 rings (SSSR count). The lowest BCUT2D eigenvalue weighted by Gasteiger charge is -2.43. The van der Waals surface area contributed by atoms with E-state index in [1.807, 2.05) is 0 Å². The van der Waals surface area contributed by atoms with Gasteiger partial charge in [-0.1, -0.05) is 30.1 Å². The number of hydrogen-bond acceptors (Lipinski definition) is 7. The Morgan fingerprint density at radius 3 is 2.64 bits per heavy atom. The van der Waals surface area contributed by atoms with E-state index in [4.69, 9.17) is 23.2 Å². The van der Waals surface area contributed by atoms with E-state index in [1.54, 1.807) is 26.1 Å². The Morgan fingerprint density at radius 1 is 1.24 bits per heavy atom. The minimum atomic E-state index is -3.04. The molecule has 0 saturated carbocycles. The number of aryl methyl sites for hydroxylation is 1. The Morgan fingerprint density at radius 2 is 1.97 bits per heavy atom. The van der Waals surface area contributed by atoms with Gasteiger partial charge < -0.3 is 10.2 Å². The Hall–Kier alpha value is -2.92. The smallest absolute Gasteiger partial charge is 0.265 e. The molecule has 174 valence electrons. The van der Waals surface area contributed by atoms with E-state index in [0.717, 1.165) is 0 Å². The Labute approximate surface area is 198 Å². The zero-order valence-electron chi connectivity index (χ0n) is 17.7. The number of benzene rings is 1. The van der Waals surface area contributed by atoms with Crippen LogP contribution in [0.2, 0.25) is 10.0 Å². The van der Waals surface area contributed by atoms with Gasteiger partial charge in [0.15, 0.2) is 0 Å². The number of piperidine rings is 1. The molecule has 1 aliphatic rings. The average molecular weight is 497 g/mol. The first-order valence-corrected chi connectivity index (χ1v) is 10.8. The third-order valence-electron chi connectivity index (χ3n) is 5.39. The molecule has 9 nitrogen and oxygen atoms in total. The van der Waals surface area contributed by atoms with Crippen LogP contribution < -0.4 is 5.32 Å². The standard InChI is InChI=1S/C20H20Cl2F2N8O/c1-11-6-20(23,24)10-32(16(11)9-27-19-25-7-13(22)8-26-19)18(33)15-5-12(21)3-4-14(15)17-28-30-31(2)29-17/h3-5,7-8,11,16H,6,9-10H2,1-2H3,(H,25,26,27)/t11-,16-/m1/s1. The summed E-state index contributed by atoms with van der Waals surface area (Å²) < 4.78 is 29.1. The zero-order valence-corrected chi connectivity index (χ0v) is 19.2. The van der Waals surface area contributed by atoms with Crippen LogP contribution in [0.15, 0.2) is 30.6 Å². The molecular weight excluding hydrogens is 477 g/mol. The fraction of sp³-hybridized carbons (Fsp3) is 0.400. The van der Waals surface area contributed by atoms with Crippen LogP contribution in [0.5, 0.6) is 0 Å². The molecule has 3 heterocycles. The van der Waals surface area contributed by atoms with Crippen LogP contribution in [-0.4, -0.2) is 66.0 Å². The summed E-state index contributed by atoms with van der Waals surface area (Å²) in [5.41, 5.74) is 0.472. The molecule has 33 heavy (non-hydrogen) atoms.